The molecule has 0 aliphatic carbocycles. The van der Waals surface area contributed by atoms with E-state index in [0.717, 1.165) is 71.6 Å². The average Bonchev–Trinajstić information content (AvgIpc) is 2.95. The summed E-state index contributed by atoms with van der Waals surface area (Å²) in [6.07, 6.45) is 2.11. The largest absolute Gasteiger partial charge is 0.486 e. The molecule has 190 valence electrons. The normalized spacial score (nSPS) is 16.2. The van der Waals surface area contributed by atoms with Gasteiger partial charge in [0.15, 0.2) is 11.5 Å². The molecule has 37 heavy (non-hydrogen) atoms. The van der Waals surface area contributed by atoms with E-state index in [-0.39, 0.29) is 5.56 Å². The lowest BCUT2D eigenvalue weighted by Gasteiger charge is -2.33. The van der Waals surface area contributed by atoms with Crippen molar-refractivity contribution in [3.63, 3.8) is 0 Å². The van der Waals surface area contributed by atoms with Gasteiger partial charge in [0, 0.05) is 37.1 Å². The number of ether oxygens (including phenoxy) is 2. The van der Waals surface area contributed by atoms with Crippen LogP contribution in [0.1, 0.15) is 24.0 Å². The summed E-state index contributed by atoms with van der Waals surface area (Å²) < 4.78 is 13.3. The van der Waals surface area contributed by atoms with Crippen LogP contribution in [-0.4, -0.2) is 41.8 Å². The molecule has 0 saturated carbocycles. The van der Waals surface area contributed by atoms with Crippen LogP contribution >= 0.6 is 0 Å². The zero-order chi connectivity index (χ0) is 25.2. The molecular weight excluding hydrogens is 462 g/mol. The first kappa shape index (κ1) is 23.8. The lowest BCUT2D eigenvalue weighted by molar-refractivity contribution is 0.159. The van der Waals surface area contributed by atoms with E-state index in [2.05, 4.69) is 64.8 Å². The van der Waals surface area contributed by atoms with Crippen molar-refractivity contribution >= 4 is 10.9 Å². The Morgan fingerprint density at radius 2 is 1.65 bits per heavy atom. The summed E-state index contributed by atoms with van der Waals surface area (Å²) in [4.78, 5) is 15.5. The minimum atomic E-state index is 0.0640. The molecule has 3 heterocycles. The van der Waals surface area contributed by atoms with Gasteiger partial charge in [0.05, 0.1) is 12.2 Å². The molecule has 2 aliphatic heterocycles. The second-order valence-corrected chi connectivity index (χ2v) is 10.1. The van der Waals surface area contributed by atoms with Crippen LogP contribution in [0.3, 0.4) is 0 Å². The van der Waals surface area contributed by atoms with E-state index < -0.39 is 0 Å². The Balaban J connectivity index is 1.13. The smallest absolute Gasteiger partial charge is 0.252 e. The van der Waals surface area contributed by atoms with Crippen LogP contribution < -0.4 is 20.3 Å². The third-order valence-electron chi connectivity index (χ3n) is 7.56. The SMILES string of the molecule is Cc1cc(=O)n(CN2CCC(NCc3ccc4c(c3)OCCO4)CC2)c2cc(-c3ccccc3)ccc12. The van der Waals surface area contributed by atoms with Crippen LogP contribution in [0.2, 0.25) is 0 Å². The molecule has 0 atom stereocenters. The molecule has 3 aromatic carbocycles. The summed E-state index contributed by atoms with van der Waals surface area (Å²) in [5.74, 6) is 1.67. The van der Waals surface area contributed by atoms with Gasteiger partial charge in [-0.2, -0.15) is 0 Å². The van der Waals surface area contributed by atoms with E-state index in [1.54, 1.807) is 6.07 Å². The Labute approximate surface area is 217 Å². The second kappa shape index (κ2) is 10.4. The van der Waals surface area contributed by atoms with Gasteiger partial charge < -0.3 is 14.8 Å². The topological polar surface area (TPSA) is 55.7 Å². The predicted octanol–water partition coefficient (Wildman–Crippen LogP) is 4.96. The zero-order valence-corrected chi connectivity index (χ0v) is 21.3. The van der Waals surface area contributed by atoms with Crippen LogP contribution in [-0.2, 0) is 13.2 Å². The monoisotopic (exact) mass is 495 g/mol. The first-order chi connectivity index (χ1) is 18.1. The van der Waals surface area contributed by atoms with Gasteiger partial charge in [0.25, 0.3) is 5.56 Å². The van der Waals surface area contributed by atoms with E-state index in [0.29, 0.717) is 25.9 Å². The highest BCUT2D eigenvalue weighted by molar-refractivity contribution is 5.87. The number of piperidine rings is 1. The van der Waals surface area contributed by atoms with Crippen LogP contribution in [0.5, 0.6) is 11.5 Å². The molecule has 0 radical (unpaired) electrons. The molecule has 1 N–H and O–H groups in total. The Bertz CT molecular complexity index is 1460. The number of hydrogen-bond donors (Lipinski definition) is 1. The Morgan fingerprint density at radius 1 is 0.865 bits per heavy atom. The van der Waals surface area contributed by atoms with Crippen molar-refractivity contribution in [2.24, 2.45) is 0 Å². The molecule has 4 aromatic rings. The molecule has 1 aromatic heterocycles. The number of aromatic nitrogens is 1. The van der Waals surface area contributed by atoms with Crippen molar-refractivity contribution in [2.75, 3.05) is 26.3 Å². The number of hydrogen-bond acceptors (Lipinski definition) is 5. The Morgan fingerprint density at radius 3 is 2.46 bits per heavy atom. The number of nitrogens with zero attached hydrogens (tertiary/aromatic N) is 2. The summed E-state index contributed by atoms with van der Waals surface area (Å²) in [6.45, 7) is 6.58. The maximum Gasteiger partial charge on any atom is 0.252 e. The summed E-state index contributed by atoms with van der Waals surface area (Å²) in [6, 6.07) is 25.2. The first-order valence-corrected chi connectivity index (χ1v) is 13.2. The molecule has 1 saturated heterocycles. The minimum Gasteiger partial charge on any atom is -0.486 e. The van der Waals surface area contributed by atoms with Crippen molar-refractivity contribution < 1.29 is 9.47 Å². The fraction of sp³-hybridized carbons (Fsp3) is 0.323. The third kappa shape index (κ3) is 5.13. The standard InChI is InChI=1S/C31H33N3O3/c1-22-17-31(35)34(28-19-25(8-9-27(22)28)24-5-3-2-4-6-24)21-33-13-11-26(12-14-33)32-20-23-7-10-29-30(18-23)37-16-15-36-29/h2-10,17-19,26,32H,11-16,20-21H2,1H3. The van der Waals surface area contributed by atoms with Gasteiger partial charge in [-0.3, -0.25) is 14.3 Å². The number of fused-ring (bicyclic) bond motifs is 2. The molecule has 1 fully saturated rings. The molecule has 0 spiro atoms. The third-order valence-corrected chi connectivity index (χ3v) is 7.56. The Kier molecular flexibility index (Phi) is 6.68. The maximum atomic E-state index is 13.1. The van der Waals surface area contributed by atoms with Crippen molar-refractivity contribution in [3.8, 4) is 22.6 Å². The van der Waals surface area contributed by atoms with E-state index in [9.17, 15) is 4.79 Å². The zero-order valence-electron chi connectivity index (χ0n) is 21.3. The number of rotatable bonds is 6. The quantitative estimate of drug-likeness (QED) is 0.410. The number of aryl methyl sites for hydroxylation is 1. The summed E-state index contributed by atoms with van der Waals surface area (Å²) >= 11 is 0. The van der Waals surface area contributed by atoms with Gasteiger partial charge in [0.2, 0.25) is 0 Å². The van der Waals surface area contributed by atoms with Gasteiger partial charge in [-0.05, 0) is 60.2 Å². The maximum absolute atomic E-state index is 13.1. The van der Waals surface area contributed by atoms with Crippen molar-refractivity contribution in [1.29, 1.82) is 0 Å². The van der Waals surface area contributed by atoms with Crippen molar-refractivity contribution in [2.45, 2.75) is 39.0 Å². The van der Waals surface area contributed by atoms with E-state index in [1.807, 2.05) is 23.6 Å². The molecule has 0 unspecified atom stereocenters. The average molecular weight is 496 g/mol. The van der Waals surface area contributed by atoms with Crippen LogP contribution in [0.4, 0.5) is 0 Å². The molecule has 6 rings (SSSR count). The number of pyridine rings is 1. The highest BCUT2D eigenvalue weighted by Crippen LogP contribution is 2.31. The summed E-state index contributed by atoms with van der Waals surface area (Å²) in [5, 5.41) is 4.85. The molecule has 0 amide bonds. The summed E-state index contributed by atoms with van der Waals surface area (Å²) in [7, 11) is 0. The molecule has 6 nitrogen and oxygen atoms in total. The molecule has 6 heteroatoms. The fourth-order valence-corrected chi connectivity index (χ4v) is 5.44. The molecular formula is C31H33N3O3. The Hall–Kier alpha value is -3.61. The highest BCUT2D eigenvalue weighted by atomic mass is 16.6. The van der Waals surface area contributed by atoms with Crippen LogP contribution in [0, 0.1) is 6.92 Å². The number of nitrogens with one attached hydrogen (secondary N) is 1. The van der Waals surface area contributed by atoms with Gasteiger partial charge in [0.1, 0.15) is 13.2 Å². The summed E-state index contributed by atoms with van der Waals surface area (Å²) in [5.41, 5.74) is 5.60. The van der Waals surface area contributed by atoms with Crippen LogP contribution in [0.15, 0.2) is 77.6 Å². The predicted molar refractivity (Wildman–Crippen MR) is 147 cm³/mol. The van der Waals surface area contributed by atoms with E-state index >= 15 is 0 Å². The first-order valence-electron chi connectivity index (χ1n) is 13.2. The second-order valence-electron chi connectivity index (χ2n) is 10.1. The number of likely N-dealkylation sites (tertiary alicyclic amines) is 1. The lowest BCUT2D eigenvalue weighted by Crippen LogP contribution is -2.44. The van der Waals surface area contributed by atoms with Gasteiger partial charge in [-0.15, -0.1) is 0 Å². The van der Waals surface area contributed by atoms with Crippen molar-refractivity contribution in [3.05, 3.63) is 94.3 Å². The highest BCUT2D eigenvalue weighted by Gasteiger charge is 2.21. The minimum absolute atomic E-state index is 0.0640. The van der Waals surface area contributed by atoms with Gasteiger partial charge in [-0.1, -0.05) is 48.5 Å². The lowest BCUT2D eigenvalue weighted by atomic mass is 10.0. The van der Waals surface area contributed by atoms with Gasteiger partial charge in [-0.25, -0.2) is 0 Å². The van der Waals surface area contributed by atoms with Crippen LogP contribution in [0.25, 0.3) is 22.0 Å². The molecule has 0 bridgehead atoms. The van der Waals surface area contributed by atoms with E-state index in [4.69, 9.17) is 9.47 Å². The fourth-order valence-electron chi connectivity index (χ4n) is 5.44. The van der Waals surface area contributed by atoms with Gasteiger partial charge >= 0.3 is 0 Å². The number of benzene rings is 3. The molecule has 2 aliphatic rings. The van der Waals surface area contributed by atoms with Crippen molar-refractivity contribution in [1.82, 2.24) is 14.8 Å². The van der Waals surface area contributed by atoms with E-state index in [1.165, 1.54) is 5.56 Å².